The Hall–Kier alpha value is -1.05. The summed E-state index contributed by atoms with van der Waals surface area (Å²) in [7, 11) is 0. The molecule has 1 aliphatic rings. The van der Waals surface area contributed by atoms with E-state index in [0.29, 0.717) is 13.2 Å². The van der Waals surface area contributed by atoms with Crippen molar-refractivity contribution >= 4 is 16.3 Å². The maximum absolute atomic E-state index is 6.16. The molecule has 3 heterocycles. The SMILES string of the molecule is CC(C)(C)c1nnc2sc(C3(C)COCC3N)nn12. The second-order valence-electron chi connectivity index (χ2n) is 6.41. The molecule has 3 rings (SSSR count). The molecule has 7 heteroatoms. The molecule has 1 fully saturated rings. The summed E-state index contributed by atoms with van der Waals surface area (Å²) in [6.45, 7) is 9.62. The zero-order chi connectivity index (χ0) is 13.8. The van der Waals surface area contributed by atoms with Crippen molar-refractivity contribution in [1.29, 1.82) is 0 Å². The largest absolute Gasteiger partial charge is 0.379 e. The molecule has 2 unspecified atom stereocenters. The summed E-state index contributed by atoms with van der Waals surface area (Å²) in [6.07, 6.45) is 0. The Bertz CT molecular complexity index is 613. The van der Waals surface area contributed by atoms with Gasteiger partial charge in [-0.05, 0) is 6.92 Å². The number of hydrogen-bond acceptors (Lipinski definition) is 6. The molecule has 0 aromatic carbocycles. The Morgan fingerprint density at radius 1 is 1.42 bits per heavy atom. The zero-order valence-corrected chi connectivity index (χ0v) is 12.5. The van der Waals surface area contributed by atoms with Crippen LogP contribution in [0.5, 0.6) is 0 Å². The van der Waals surface area contributed by atoms with Crippen LogP contribution < -0.4 is 5.73 Å². The van der Waals surface area contributed by atoms with E-state index in [9.17, 15) is 0 Å². The van der Waals surface area contributed by atoms with Gasteiger partial charge in [0.05, 0.1) is 18.6 Å². The van der Waals surface area contributed by atoms with Crippen molar-refractivity contribution in [2.75, 3.05) is 13.2 Å². The van der Waals surface area contributed by atoms with Gasteiger partial charge in [-0.3, -0.25) is 0 Å². The molecule has 0 amide bonds. The van der Waals surface area contributed by atoms with E-state index >= 15 is 0 Å². The highest BCUT2D eigenvalue weighted by Crippen LogP contribution is 2.35. The van der Waals surface area contributed by atoms with Crippen LogP contribution in [-0.4, -0.2) is 39.1 Å². The fourth-order valence-corrected chi connectivity index (χ4v) is 3.26. The van der Waals surface area contributed by atoms with E-state index in [1.54, 1.807) is 11.3 Å². The van der Waals surface area contributed by atoms with Crippen molar-refractivity contribution in [3.05, 3.63) is 10.8 Å². The summed E-state index contributed by atoms with van der Waals surface area (Å²) < 4.78 is 7.34. The van der Waals surface area contributed by atoms with Crippen LogP contribution in [0.4, 0.5) is 0 Å². The van der Waals surface area contributed by atoms with E-state index in [-0.39, 0.29) is 16.9 Å². The second-order valence-corrected chi connectivity index (χ2v) is 7.37. The van der Waals surface area contributed by atoms with Crippen molar-refractivity contribution in [1.82, 2.24) is 19.8 Å². The first-order valence-electron chi connectivity index (χ1n) is 6.39. The van der Waals surface area contributed by atoms with Crippen molar-refractivity contribution in [2.24, 2.45) is 5.73 Å². The molecule has 2 atom stereocenters. The van der Waals surface area contributed by atoms with E-state index in [4.69, 9.17) is 15.6 Å². The van der Waals surface area contributed by atoms with Gasteiger partial charge in [-0.1, -0.05) is 32.1 Å². The normalized spacial score (nSPS) is 28.4. The summed E-state index contributed by atoms with van der Waals surface area (Å²) in [6, 6.07) is -0.0191. The number of ether oxygens (including phenoxy) is 1. The maximum atomic E-state index is 6.16. The van der Waals surface area contributed by atoms with Crippen LogP contribution in [0.15, 0.2) is 0 Å². The summed E-state index contributed by atoms with van der Waals surface area (Å²) in [5.74, 6) is 0.876. The molecule has 2 N–H and O–H groups in total. The van der Waals surface area contributed by atoms with Crippen LogP contribution in [-0.2, 0) is 15.6 Å². The molecule has 0 spiro atoms. The van der Waals surface area contributed by atoms with Crippen LogP contribution in [0, 0.1) is 0 Å². The van der Waals surface area contributed by atoms with Gasteiger partial charge < -0.3 is 10.5 Å². The standard InChI is InChI=1S/C12H19N5OS/c1-11(2,3)8-14-15-10-17(8)16-9(19-10)12(4)6-18-5-7(12)13/h7H,5-6,13H2,1-4H3. The predicted octanol–water partition coefficient (Wildman–Crippen LogP) is 1.10. The van der Waals surface area contributed by atoms with E-state index in [1.165, 1.54) is 0 Å². The number of nitrogens with two attached hydrogens (primary N) is 1. The Morgan fingerprint density at radius 2 is 2.16 bits per heavy atom. The van der Waals surface area contributed by atoms with Gasteiger partial charge in [-0.15, -0.1) is 10.2 Å². The first-order chi connectivity index (χ1) is 8.82. The lowest BCUT2D eigenvalue weighted by Crippen LogP contribution is -2.41. The number of aromatic nitrogens is 4. The molecule has 0 saturated carbocycles. The Balaban J connectivity index is 2.10. The topological polar surface area (TPSA) is 78.3 Å². The first kappa shape index (κ1) is 13.0. The number of hydrogen-bond donors (Lipinski definition) is 1. The highest BCUT2D eigenvalue weighted by molar-refractivity contribution is 7.16. The van der Waals surface area contributed by atoms with Crippen molar-refractivity contribution in [2.45, 2.75) is 44.6 Å². The summed E-state index contributed by atoms with van der Waals surface area (Å²) >= 11 is 1.55. The quantitative estimate of drug-likeness (QED) is 0.847. The summed E-state index contributed by atoms with van der Waals surface area (Å²) in [5, 5.41) is 14.1. The molecule has 6 nitrogen and oxygen atoms in total. The fraction of sp³-hybridized carbons (Fsp3) is 0.750. The van der Waals surface area contributed by atoms with Gasteiger partial charge in [0.2, 0.25) is 4.96 Å². The Morgan fingerprint density at radius 3 is 2.74 bits per heavy atom. The number of rotatable bonds is 1. The average Bonchev–Trinajstić information content (AvgIpc) is 2.91. The van der Waals surface area contributed by atoms with Gasteiger partial charge in [0, 0.05) is 11.5 Å². The van der Waals surface area contributed by atoms with Crippen LogP contribution in [0.3, 0.4) is 0 Å². The minimum Gasteiger partial charge on any atom is -0.379 e. The lowest BCUT2D eigenvalue weighted by atomic mass is 9.87. The van der Waals surface area contributed by atoms with E-state index in [0.717, 1.165) is 15.8 Å². The monoisotopic (exact) mass is 281 g/mol. The first-order valence-corrected chi connectivity index (χ1v) is 7.20. The lowest BCUT2D eigenvalue weighted by molar-refractivity contribution is 0.179. The average molecular weight is 281 g/mol. The highest BCUT2D eigenvalue weighted by atomic mass is 32.1. The third-order valence-corrected chi connectivity index (χ3v) is 4.85. The predicted molar refractivity (Wildman–Crippen MR) is 73.5 cm³/mol. The van der Waals surface area contributed by atoms with Crippen molar-refractivity contribution in [3.63, 3.8) is 0 Å². The van der Waals surface area contributed by atoms with Crippen LogP contribution in [0.25, 0.3) is 4.96 Å². The van der Waals surface area contributed by atoms with Gasteiger partial charge in [0.1, 0.15) is 5.01 Å². The van der Waals surface area contributed by atoms with Gasteiger partial charge in [0.15, 0.2) is 5.82 Å². The van der Waals surface area contributed by atoms with Gasteiger partial charge >= 0.3 is 0 Å². The van der Waals surface area contributed by atoms with Gasteiger partial charge in [0.25, 0.3) is 0 Å². The van der Waals surface area contributed by atoms with Gasteiger partial charge in [-0.25, -0.2) is 0 Å². The Kier molecular flexibility index (Phi) is 2.71. The van der Waals surface area contributed by atoms with Crippen molar-refractivity contribution < 1.29 is 4.74 Å². The van der Waals surface area contributed by atoms with E-state index < -0.39 is 0 Å². The minimum atomic E-state index is -0.222. The van der Waals surface area contributed by atoms with E-state index in [2.05, 4.69) is 37.9 Å². The molecule has 19 heavy (non-hydrogen) atoms. The number of fused-ring (bicyclic) bond motifs is 1. The third kappa shape index (κ3) is 1.87. The molecule has 2 aromatic rings. The highest BCUT2D eigenvalue weighted by Gasteiger charge is 2.42. The summed E-state index contributed by atoms with van der Waals surface area (Å²) in [5.41, 5.74) is 5.85. The molecule has 0 radical (unpaired) electrons. The molecule has 0 aliphatic carbocycles. The summed E-state index contributed by atoms with van der Waals surface area (Å²) in [4.78, 5) is 0.820. The van der Waals surface area contributed by atoms with Gasteiger partial charge in [-0.2, -0.15) is 9.61 Å². The molecule has 104 valence electrons. The molecular formula is C12H19N5OS. The maximum Gasteiger partial charge on any atom is 0.234 e. The molecular weight excluding hydrogens is 262 g/mol. The van der Waals surface area contributed by atoms with Crippen molar-refractivity contribution in [3.8, 4) is 0 Å². The van der Waals surface area contributed by atoms with E-state index in [1.807, 2.05) is 4.52 Å². The van der Waals surface area contributed by atoms with Crippen LogP contribution >= 0.6 is 11.3 Å². The number of nitrogens with zero attached hydrogens (tertiary/aromatic N) is 4. The molecule has 0 bridgehead atoms. The lowest BCUT2D eigenvalue weighted by Gasteiger charge is -2.23. The zero-order valence-electron chi connectivity index (χ0n) is 11.7. The van der Waals surface area contributed by atoms with Crippen LogP contribution in [0.2, 0.25) is 0 Å². The minimum absolute atomic E-state index is 0.0191. The smallest absolute Gasteiger partial charge is 0.234 e. The molecule has 1 aliphatic heterocycles. The molecule has 1 saturated heterocycles. The fourth-order valence-electron chi connectivity index (χ4n) is 2.22. The third-order valence-electron chi connectivity index (χ3n) is 3.67. The molecule has 2 aromatic heterocycles. The Labute approximate surface area is 116 Å². The van der Waals surface area contributed by atoms with Crippen LogP contribution in [0.1, 0.15) is 38.5 Å². The second kappa shape index (κ2) is 3.97.